The molecule has 3 heterocycles. The highest BCUT2D eigenvalue weighted by Crippen LogP contribution is 2.42. The highest BCUT2D eigenvalue weighted by atomic mass is 32.2. The van der Waals surface area contributed by atoms with Gasteiger partial charge in [-0.05, 0) is 30.7 Å². The fourth-order valence-electron chi connectivity index (χ4n) is 2.38. The van der Waals surface area contributed by atoms with Crippen molar-refractivity contribution in [2.45, 2.75) is 16.9 Å². The van der Waals surface area contributed by atoms with Crippen LogP contribution in [-0.4, -0.2) is 34.7 Å². The molecule has 4 rings (SSSR count). The fourth-order valence-corrected chi connectivity index (χ4v) is 3.79. The fraction of sp³-hybridized carbons (Fsp3) is 0.417. The third-order valence-corrected chi connectivity index (χ3v) is 4.69. The lowest BCUT2D eigenvalue weighted by atomic mass is 10.1. The van der Waals surface area contributed by atoms with Crippen LogP contribution in [0.25, 0.3) is 0 Å². The molecule has 0 saturated carbocycles. The summed E-state index contributed by atoms with van der Waals surface area (Å²) in [6.07, 6.45) is 1.36. The average Bonchev–Trinajstić information content (AvgIpc) is 2.28. The van der Waals surface area contributed by atoms with Gasteiger partial charge in [0.1, 0.15) is 0 Å². The maximum atomic E-state index is 10.7. The lowest BCUT2D eigenvalue weighted by molar-refractivity contribution is 0.0697. The first-order chi connectivity index (χ1) is 7.72. The van der Waals surface area contributed by atoms with Crippen LogP contribution in [0.5, 0.6) is 0 Å². The summed E-state index contributed by atoms with van der Waals surface area (Å²) in [6.45, 7) is 2.21. The van der Waals surface area contributed by atoms with Crippen LogP contribution in [-0.2, 0) is 0 Å². The summed E-state index contributed by atoms with van der Waals surface area (Å²) < 4.78 is 0. The highest BCUT2D eigenvalue weighted by Gasteiger charge is 2.37. The van der Waals surface area contributed by atoms with Gasteiger partial charge in [0.05, 0.1) is 5.56 Å². The number of thioether (sulfide) groups is 1. The number of carboxylic acid groups (broad SMARTS) is 1. The molecule has 4 heteroatoms. The Kier molecular flexibility index (Phi) is 2.32. The van der Waals surface area contributed by atoms with Crippen LogP contribution in [0.2, 0.25) is 0 Å². The zero-order chi connectivity index (χ0) is 11.1. The van der Waals surface area contributed by atoms with Crippen molar-refractivity contribution in [2.24, 2.45) is 0 Å². The van der Waals surface area contributed by atoms with E-state index in [9.17, 15) is 4.79 Å². The minimum atomic E-state index is -0.858. The number of piperidine rings is 1. The van der Waals surface area contributed by atoms with Gasteiger partial charge in [0.2, 0.25) is 0 Å². The SMILES string of the molecule is O=C(O)c1ccc(N2CC3CC(C2)S3)cc1. The Morgan fingerprint density at radius 3 is 2.31 bits per heavy atom. The number of benzene rings is 1. The summed E-state index contributed by atoms with van der Waals surface area (Å²) >= 11 is 2.09. The second kappa shape index (κ2) is 3.70. The number of carboxylic acids is 1. The van der Waals surface area contributed by atoms with Gasteiger partial charge in [-0.1, -0.05) is 0 Å². The molecule has 0 radical (unpaired) electrons. The molecule has 3 aliphatic heterocycles. The average molecular weight is 235 g/mol. The first kappa shape index (κ1) is 10.0. The van der Waals surface area contributed by atoms with Crippen LogP contribution in [0.15, 0.2) is 24.3 Å². The summed E-state index contributed by atoms with van der Waals surface area (Å²) in [5.41, 5.74) is 1.51. The van der Waals surface area contributed by atoms with Crippen molar-refractivity contribution in [3.05, 3.63) is 29.8 Å². The summed E-state index contributed by atoms with van der Waals surface area (Å²) in [4.78, 5) is 13.1. The van der Waals surface area contributed by atoms with Gasteiger partial charge >= 0.3 is 5.97 Å². The zero-order valence-electron chi connectivity index (χ0n) is 8.80. The summed E-state index contributed by atoms with van der Waals surface area (Å²) in [6, 6.07) is 7.20. The topological polar surface area (TPSA) is 40.5 Å². The van der Waals surface area contributed by atoms with Crippen LogP contribution >= 0.6 is 11.8 Å². The molecule has 2 bridgehead atoms. The van der Waals surface area contributed by atoms with E-state index >= 15 is 0 Å². The molecule has 1 N–H and O–H groups in total. The van der Waals surface area contributed by atoms with Gasteiger partial charge in [-0.2, -0.15) is 11.8 Å². The predicted molar refractivity (Wildman–Crippen MR) is 65.4 cm³/mol. The Balaban J connectivity index is 1.77. The van der Waals surface area contributed by atoms with E-state index in [1.54, 1.807) is 12.1 Å². The normalized spacial score (nSPS) is 27.4. The summed E-state index contributed by atoms with van der Waals surface area (Å²) in [5, 5.41) is 10.4. The van der Waals surface area contributed by atoms with E-state index in [1.165, 1.54) is 6.42 Å². The molecule has 1 aromatic carbocycles. The van der Waals surface area contributed by atoms with Crippen LogP contribution < -0.4 is 4.90 Å². The molecule has 3 fully saturated rings. The number of rotatable bonds is 2. The van der Waals surface area contributed by atoms with Gasteiger partial charge in [-0.3, -0.25) is 0 Å². The van der Waals surface area contributed by atoms with Crippen molar-refractivity contribution in [1.82, 2.24) is 0 Å². The Labute approximate surface area is 98.4 Å². The largest absolute Gasteiger partial charge is 0.478 e. The number of hydrogen-bond acceptors (Lipinski definition) is 3. The van der Waals surface area contributed by atoms with E-state index in [0.717, 1.165) is 29.3 Å². The molecule has 0 amide bonds. The minimum Gasteiger partial charge on any atom is -0.478 e. The van der Waals surface area contributed by atoms with Crippen LogP contribution in [0, 0.1) is 0 Å². The maximum absolute atomic E-state index is 10.7. The quantitative estimate of drug-likeness (QED) is 0.852. The molecule has 0 spiro atoms. The van der Waals surface area contributed by atoms with Gasteiger partial charge in [-0.25, -0.2) is 4.79 Å². The molecule has 1 aromatic rings. The molecule has 0 aliphatic carbocycles. The van der Waals surface area contributed by atoms with Gasteiger partial charge in [0, 0.05) is 29.3 Å². The van der Waals surface area contributed by atoms with Crippen LogP contribution in [0.4, 0.5) is 5.69 Å². The van der Waals surface area contributed by atoms with Crippen molar-refractivity contribution < 1.29 is 9.90 Å². The van der Waals surface area contributed by atoms with E-state index < -0.39 is 5.97 Å². The number of carbonyl (C=O) groups is 1. The third kappa shape index (κ3) is 1.67. The predicted octanol–water partition coefficient (Wildman–Crippen LogP) is 2.08. The highest BCUT2D eigenvalue weighted by molar-refractivity contribution is 8.02. The van der Waals surface area contributed by atoms with E-state index in [4.69, 9.17) is 5.11 Å². The van der Waals surface area contributed by atoms with Crippen LogP contribution in [0.3, 0.4) is 0 Å². The first-order valence-electron chi connectivity index (χ1n) is 5.46. The summed E-state index contributed by atoms with van der Waals surface area (Å²) in [7, 11) is 0. The Bertz CT molecular complexity index is 402. The molecule has 3 nitrogen and oxygen atoms in total. The van der Waals surface area contributed by atoms with Crippen LogP contribution in [0.1, 0.15) is 16.8 Å². The maximum Gasteiger partial charge on any atom is 0.335 e. The van der Waals surface area contributed by atoms with Gasteiger partial charge in [-0.15, -0.1) is 0 Å². The zero-order valence-corrected chi connectivity index (χ0v) is 9.61. The molecular weight excluding hydrogens is 222 g/mol. The number of fused-ring (bicyclic) bond motifs is 2. The van der Waals surface area contributed by atoms with Crippen molar-refractivity contribution in [2.75, 3.05) is 18.0 Å². The molecule has 2 atom stereocenters. The number of hydrogen-bond donors (Lipinski definition) is 1. The lowest BCUT2D eigenvalue weighted by Crippen LogP contribution is -2.51. The van der Waals surface area contributed by atoms with Gasteiger partial charge in [0.15, 0.2) is 0 Å². The standard InChI is InChI=1S/C12H13NO2S/c14-12(15)8-1-3-9(4-2-8)13-6-10-5-11(7-13)16-10/h1-4,10-11H,5-7H2,(H,14,15). The number of nitrogens with zero attached hydrogens (tertiary/aromatic N) is 1. The third-order valence-electron chi connectivity index (χ3n) is 3.24. The molecule has 84 valence electrons. The number of aromatic carboxylic acids is 1. The Morgan fingerprint density at radius 1 is 1.25 bits per heavy atom. The summed E-state index contributed by atoms with van der Waals surface area (Å²) in [5.74, 6) is -0.858. The number of anilines is 1. The second-order valence-electron chi connectivity index (χ2n) is 4.37. The molecular formula is C12H13NO2S. The first-order valence-corrected chi connectivity index (χ1v) is 6.40. The second-order valence-corrected chi connectivity index (χ2v) is 5.98. The van der Waals surface area contributed by atoms with Crippen molar-refractivity contribution in [3.63, 3.8) is 0 Å². The van der Waals surface area contributed by atoms with Crippen molar-refractivity contribution in [3.8, 4) is 0 Å². The van der Waals surface area contributed by atoms with Gasteiger partial charge < -0.3 is 10.0 Å². The molecule has 0 aromatic heterocycles. The Morgan fingerprint density at radius 2 is 1.81 bits per heavy atom. The van der Waals surface area contributed by atoms with E-state index in [2.05, 4.69) is 16.7 Å². The monoisotopic (exact) mass is 235 g/mol. The Hall–Kier alpha value is -1.16. The smallest absolute Gasteiger partial charge is 0.335 e. The van der Waals surface area contributed by atoms with E-state index in [0.29, 0.717) is 5.56 Å². The molecule has 3 saturated heterocycles. The van der Waals surface area contributed by atoms with Crippen molar-refractivity contribution in [1.29, 1.82) is 0 Å². The minimum absolute atomic E-state index is 0.361. The molecule has 3 aliphatic rings. The van der Waals surface area contributed by atoms with Gasteiger partial charge in [0.25, 0.3) is 0 Å². The molecule has 2 unspecified atom stereocenters. The van der Waals surface area contributed by atoms with E-state index in [-0.39, 0.29) is 0 Å². The van der Waals surface area contributed by atoms with E-state index in [1.807, 2.05) is 12.1 Å². The lowest BCUT2D eigenvalue weighted by Gasteiger charge is -2.47. The molecule has 16 heavy (non-hydrogen) atoms. The van der Waals surface area contributed by atoms with Crippen molar-refractivity contribution >= 4 is 23.4 Å².